The predicted octanol–water partition coefficient (Wildman–Crippen LogP) is 2.38. The average Bonchev–Trinajstić information content (AvgIpc) is 2.25. The Morgan fingerprint density at radius 3 is 2.44 bits per heavy atom. The molecule has 102 valence electrons. The van der Waals surface area contributed by atoms with Crippen molar-refractivity contribution in [2.45, 2.75) is 17.8 Å². The van der Waals surface area contributed by atoms with Crippen molar-refractivity contribution in [1.82, 2.24) is 4.98 Å². The van der Waals surface area contributed by atoms with Crippen LogP contribution in [-0.4, -0.2) is 31.4 Å². The third kappa shape index (κ3) is 4.69. The summed E-state index contributed by atoms with van der Waals surface area (Å²) in [5, 5.41) is -0.304. The molecule has 4 nitrogen and oxygen atoms in total. The summed E-state index contributed by atoms with van der Waals surface area (Å²) in [6.45, 7) is 0. The van der Waals surface area contributed by atoms with Crippen LogP contribution in [0.15, 0.2) is 23.4 Å². The fourth-order valence-corrected chi connectivity index (χ4v) is 2.61. The molecular weight excluding hydrogens is 295 g/mol. The predicted molar refractivity (Wildman–Crippen MR) is 58.3 cm³/mol. The van der Waals surface area contributed by atoms with Gasteiger partial charge in [0, 0.05) is 5.88 Å². The quantitative estimate of drug-likeness (QED) is 0.784. The highest BCUT2D eigenvalue weighted by atomic mass is 35.5. The van der Waals surface area contributed by atoms with Crippen LogP contribution in [-0.2, 0) is 9.84 Å². The van der Waals surface area contributed by atoms with Gasteiger partial charge in [-0.3, -0.25) is 0 Å². The molecule has 0 spiro atoms. The number of alkyl halides is 4. The monoisotopic (exact) mass is 303 g/mol. The fourth-order valence-electron chi connectivity index (χ4n) is 1.09. The lowest BCUT2D eigenvalue weighted by Crippen LogP contribution is -2.17. The minimum atomic E-state index is -4.83. The van der Waals surface area contributed by atoms with E-state index in [1.54, 1.807) is 0 Å². The minimum Gasteiger partial charge on any atom is -0.404 e. The van der Waals surface area contributed by atoms with E-state index in [2.05, 4.69) is 9.72 Å². The van der Waals surface area contributed by atoms with Gasteiger partial charge in [-0.1, -0.05) is 0 Å². The zero-order valence-corrected chi connectivity index (χ0v) is 10.5. The maximum atomic E-state index is 11.9. The molecule has 0 fully saturated rings. The van der Waals surface area contributed by atoms with Crippen LogP contribution in [0.4, 0.5) is 13.2 Å². The van der Waals surface area contributed by atoms with Crippen molar-refractivity contribution in [3.8, 4) is 5.75 Å². The first-order valence-corrected chi connectivity index (χ1v) is 6.94. The van der Waals surface area contributed by atoms with Crippen LogP contribution in [0.2, 0.25) is 0 Å². The summed E-state index contributed by atoms with van der Waals surface area (Å²) < 4.78 is 62.4. The maximum Gasteiger partial charge on any atom is 0.573 e. The van der Waals surface area contributed by atoms with Gasteiger partial charge in [0.2, 0.25) is 0 Å². The molecule has 0 unspecified atom stereocenters. The van der Waals surface area contributed by atoms with Crippen molar-refractivity contribution >= 4 is 21.4 Å². The van der Waals surface area contributed by atoms with E-state index in [1.807, 2.05) is 0 Å². The molecule has 0 saturated heterocycles. The molecule has 18 heavy (non-hydrogen) atoms. The summed E-state index contributed by atoms with van der Waals surface area (Å²) in [6.07, 6.45) is -3.88. The van der Waals surface area contributed by atoms with Crippen molar-refractivity contribution in [1.29, 1.82) is 0 Å². The van der Waals surface area contributed by atoms with E-state index >= 15 is 0 Å². The molecule has 0 N–H and O–H groups in total. The second-order valence-electron chi connectivity index (χ2n) is 3.24. The number of aromatic nitrogens is 1. The van der Waals surface area contributed by atoms with Crippen LogP contribution in [0.1, 0.15) is 6.42 Å². The van der Waals surface area contributed by atoms with Crippen LogP contribution in [0.3, 0.4) is 0 Å². The van der Waals surface area contributed by atoms with Gasteiger partial charge in [-0.05, 0) is 18.6 Å². The highest BCUT2D eigenvalue weighted by Gasteiger charge is 2.31. The van der Waals surface area contributed by atoms with E-state index in [4.69, 9.17) is 11.6 Å². The SMILES string of the molecule is O=S(=O)(CCCCl)c1ccc(OC(F)(F)F)cn1. The van der Waals surface area contributed by atoms with Gasteiger partial charge in [0.05, 0.1) is 11.9 Å². The molecular formula is C9H9ClF3NO3S. The first kappa shape index (κ1) is 15.0. The van der Waals surface area contributed by atoms with Crippen LogP contribution < -0.4 is 4.74 Å². The number of ether oxygens (including phenoxy) is 1. The molecule has 0 saturated carbocycles. The normalized spacial score (nSPS) is 12.4. The number of hydrogen-bond acceptors (Lipinski definition) is 4. The summed E-state index contributed by atoms with van der Waals surface area (Å²) in [7, 11) is -3.62. The van der Waals surface area contributed by atoms with E-state index in [9.17, 15) is 21.6 Å². The Morgan fingerprint density at radius 1 is 1.33 bits per heavy atom. The van der Waals surface area contributed by atoms with E-state index in [0.717, 1.165) is 12.1 Å². The largest absolute Gasteiger partial charge is 0.573 e. The molecule has 9 heteroatoms. The summed E-state index contributed by atoms with van der Waals surface area (Å²) in [4.78, 5) is 3.43. The molecule has 0 aliphatic heterocycles. The standard InChI is InChI=1S/C9H9ClF3NO3S/c10-4-1-5-18(15,16)8-3-2-7(6-14-8)17-9(11,12)13/h2-3,6H,1,4-5H2. The molecule has 0 bridgehead atoms. The number of sulfone groups is 1. The maximum absolute atomic E-state index is 11.9. The Bertz CT molecular complexity index is 487. The highest BCUT2D eigenvalue weighted by Crippen LogP contribution is 2.22. The van der Waals surface area contributed by atoms with Gasteiger partial charge in [0.25, 0.3) is 0 Å². The number of hydrogen-bond donors (Lipinski definition) is 0. The fraction of sp³-hybridized carbons (Fsp3) is 0.444. The molecule has 0 aliphatic carbocycles. The molecule has 0 atom stereocenters. The van der Waals surface area contributed by atoms with Gasteiger partial charge in [-0.25, -0.2) is 13.4 Å². The van der Waals surface area contributed by atoms with Gasteiger partial charge in [0.15, 0.2) is 14.9 Å². The Hall–Kier alpha value is -1.02. The van der Waals surface area contributed by atoms with Crippen LogP contribution in [0, 0.1) is 0 Å². The molecule has 0 aromatic carbocycles. The van der Waals surface area contributed by atoms with Crippen molar-refractivity contribution < 1.29 is 26.3 Å². The van der Waals surface area contributed by atoms with Gasteiger partial charge < -0.3 is 4.74 Å². The smallest absolute Gasteiger partial charge is 0.404 e. The number of nitrogens with zero attached hydrogens (tertiary/aromatic N) is 1. The van der Waals surface area contributed by atoms with Crippen LogP contribution >= 0.6 is 11.6 Å². The van der Waals surface area contributed by atoms with E-state index in [-0.39, 0.29) is 23.1 Å². The minimum absolute atomic E-state index is 0.175. The number of rotatable bonds is 5. The van der Waals surface area contributed by atoms with E-state index in [0.29, 0.717) is 6.20 Å². The lowest BCUT2D eigenvalue weighted by molar-refractivity contribution is -0.274. The number of pyridine rings is 1. The van der Waals surface area contributed by atoms with Gasteiger partial charge in [0.1, 0.15) is 5.75 Å². The molecule has 0 amide bonds. The lowest BCUT2D eigenvalue weighted by atomic mass is 10.5. The van der Waals surface area contributed by atoms with Crippen molar-refractivity contribution in [2.24, 2.45) is 0 Å². The Balaban J connectivity index is 2.83. The van der Waals surface area contributed by atoms with Crippen molar-refractivity contribution in [3.63, 3.8) is 0 Å². The summed E-state index contributed by atoms with van der Waals surface area (Å²) in [5.74, 6) is -0.601. The molecule has 1 aromatic heterocycles. The van der Waals surface area contributed by atoms with Crippen molar-refractivity contribution in [2.75, 3.05) is 11.6 Å². The van der Waals surface area contributed by atoms with E-state index in [1.165, 1.54) is 0 Å². The van der Waals surface area contributed by atoms with Crippen LogP contribution in [0.5, 0.6) is 5.75 Å². The summed E-state index contributed by atoms with van der Waals surface area (Å²) in [6, 6.07) is 1.86. The zero-order chi connectivity index (χ0) is 13.8. The Kier molecular flexibility index (Phi) is 4.80. The topological polar surface area (TPSA) is 56.3 Å². The van der Waals surface area contributed by atoms with Gasteiger partial charge in [-0.15, -0.1) is 24.8 Å². The summed E-state index contributed by atoms with van der Waals surface area (Å²) >= 11 is 5.36. The molecule has 1 aromatic rings. The van der Waals surface area contributed by atoms with Crippen LogP contribution in [0.25, 0.3) is 0 Å². The highest BCUT2D eigenvalue weighted by molar-refractivity contribution is 7.91. The average molecular weight is 304 g/mol. The molecule has 1 rings (SSSR count). The molecule has 0 radical (unpaired) electrons. The molecule has 0 aliphatic rings. The Morgan fingerprint density at radius 2 is 2.00 bits per heavy atom. The number of halogens is 4. The second-order valence-corrected chi connectivity index (χ2v) is 5.68. The molecule has 1 heterocycles. The third-order valence-electron chi connectivity index (χ3n) is 1.81. The third-order valence-corrected chi connectivity index (χ3v) is 3.78. The first-order valence-electron chi connectivity index (χ1n) is 4.75. The van der Waals surface area contributed by atoms with Gasteiger partial charge in [-0.2, -0.15) is 0 Å². The Labute approximate surface area is 107 Å². The lowest BCUT2D eigenvalue weighted by Gasteiger charge is -2.08. The van der Waals surface area contributed by atoms with Crippen molar-refractivity contribution in [3.05, 3.63) is 18.3 Å². The van der Waals surface area contributed by atoms with E-state index < -0.39 is 21.9 Å². The first-order chi connectivity index (χ1) is 8.24. The summed E-state index contributed by atoms with van der Waals surface area (Å²) in [5.41, 5.74) is 0. The zero-order valence-electron chi connectivity index (χ0n) is 8.95. The second kappa shape index (κ2) is 5.75. The van der Waals surface area contributed by atoms with Gasteiger partial charge >= 0.3 is 6.36 Å².